The molecular weight excluding hydrogens is 1860 g/mol. The highest BCUT2D eigenvalue weighted by Crippen LogP contribution is 2.52. The minimum absolute atomic E-state index is 0.0375. The first-order valence-corrected chi connectivity index (χ1v) is 56.3. The van der Waals surface area contributed by atoms with Crippen molar-refractivity contribution in [3.63, 3.8) is 0 Å². The van der Waals surface area contributed by atoms with Crippen molar-refractivity contribution in [3.8, 4) is 17.2 Å². The second kappa shape index (κ2) is 49.0. The number of aryl methyl sites for hydroxylation is 11. The van der Waals surface area contributed by atoms with Crippen molar-refractivity contribution in [3.05, 3.63) is 297 Å². The van der Waals surface area contributed by atoms with Gasteiger partial charge in [-0.05, 0) is 459 Å². The van der Waals surface area contributed by atoms with Gasteiger partial charge in [0.2, 0.25) is 17.5 Å². The lowest BCUT2D eigenvalue weighted by molar-refractivity contribution is 0.142. The van der Waals surface area contributed by atoms with Crippen LogP contribution in [0.2, 0.25) is 0 Å². The zero-order valence-electron chi connectivity index (χ0n) is 91.6. The molecule has 15 heteroatoms. The SMILES string of the molecule is CC1CCC(C(C)c2cc3c(c(F)c2F)OC(C)CC3)CC1.CC1CCC(C2CCC(C(C)c3cc4c(c(F)c3F)OC(C)CC4)CC2)CC1.Cc1ccc(C(C)c2cc3c(c(F)c2F)OC(C)CC3)cc1.Cc1ccc(C(C)c2cc3ccc(C)c(C)c3c(F)c2F)cc1.Cc1ccc2cc(C(C)C3CCC(C)CC3)c(F)c(F)c2c1C.Cc1ccc2cc(C(C)C3CCC(C4CCC(C)CC4)CC3)c(F)c(F)c2c1C. The Morgan fingerprint density at radius 2 is 0.435 bits per heavy atom. The first kappa shape index (κ1) is 112. The van der Waals surface area contributed by atoms with E-state index in [-0.39, 0.29) is 71.1 Å². The summed E-state index contributed by atoms with van der Waals surface area (Å²) in [6, 6.07) is 38.6. The van der Waals surface area contributed by atoms with Gasteiger partial charge in [0.15, 0.2) is 69.6 Å². The fourth-order valence-electron chi connectivity index (χ4n) is 26.4. The number of hydrogen-bond donors (Lipinski definition) is 0. The molecule has 11 aromatic rings. The van der Waals surface area contributed by atoms with Crippen LogP contribution in [0.25, 0.3) is 32.3 Å². The maximum absolute atomic E-state index is 15.1. The number of rotatable bonds is 14. The van der Waals surface area contributed by atoms with Gasteiger partial charge in [-0.1, -0.05) is 217 Å². The fraction of sp³-hybridized carbons (Fsp3) is 0.545. The molecule has 9 aliphatic rings. The van der Waals surface area contributed by atoms with Gasteiger partial charge in [-0.15, -0.1) is 0 Å². The van der Waals surface area contributed by atoms with Crippen LogP contribution in [0.3, 0.4) is 0 Å². The van der Waals surface area contributed by atoms with E-state index in [2.05, 4.69) is 55.4 Å². The van der Waals surface area contributed by atoms with Crippen molar-refractivity contribution in [1.82, 2.24) is 0 Å². The zero-order valence-corrected chi connectivity index (χ0v) is 91.6. The third-order valence-electron chi connectivity index (χ3n) is 37.5. The Hall–Kier alpha value is -9.24. The Balaban J connectivity index is 0.000000133. The maximum Gasteiger partial charge on any atom is 0.201 e. The summed E-state index contributed by atoms with van der Waals surface area (Å²) in [7, 11) is 0. The van der Waals surface area contributed by atoms with Crippen molar-refractivity contribution in [2.24, 2.45) is 71.0 Å². The Bertz CT molecular complexity index is 6370. The lowest BCUT2D eigenvalue weighted by Gasteiger charge is -2.39. The molecule has 0 saturated heterocycles. The number of fused-ring (bicyclic) bond motifs is 6. The number of halogens is 12. The Kier molecular flexibility index (Phi) is 37.3. The Labute approximate surface area is 870 Å². The van der Waals surface area contributed by atoms with Gasteiger partial charge in [-0.2, -0.15) is 13.2 Å². The summed E-state index contributed by atoms with van der Waals surface area (Å²) in [4.78, 5) is 0. The first-order chi connectivity index (χ1) is 70.0. The van der Waals surface area contributed by atoms with Gasteiger partial charge in [0.05, 0.1) is 18.3 Å². The molecule has 0 bridgehead atoms. The molecule has 0 radical (unpaired) electrons. The predicted molar refractivity (Wildman–Crippen MR) is 581 cm³/mol. The van der Waals surface area contributed by atoms with E-state index in [9.17, 15) is 48.3 Å². The van der Waals surface area contributed by atoms with Gasteiger partial charge in [0.1, 0.15) is 0 Å². The smallest absolute Gasteiger partial charge is 0.201 e. The van der Waals surface area contributed by atoms with Gasteiger partial charge >= 0.3 is 0 Å². The molecular formula is C132H164F12O3. The molecule has 3 heterocycles. The third-order valence-corrected chi connectivity index (χ3v) is 37.5. The molecule has 0 N–H and O–H groups in total. The zero-order chi connectivity index (χ0) is 106. The molecule has 6 aliphatic carbocycles. The van der Waals surface area contributed by atoms with Crippen LogP contribution in [0.1, 0.15) is 405 Å². The van der Waals surface area contributed by atoms with Crippen molar-refractivity contribution in [2.45, 2.75) is 392 Å². The van der Waals surface area contributed by atoms with E-state index in [1.165, 1.54) is 103 Å². The molecule has 6 fully saturated rings. The quantitative estimate of drug-likeness (QED) is 0.102. The summed E-state index contributed by atoms with van der Waals surface area (Å²) >= 11 is 0. The second-order valence-electron chi connectivity index (χ2n) is 47.6. The summed E-state index contributed by atoms with van der Waals surface area (Å²) in [6.45, 7) is 42.6. The van der Waals surface area contributed by atoms with Crippen molar-refractivity contribution in [2.75, 3.05) is 0 Å². The molecule has 20 rings (SSSR count). The standard InChI is InChI=1S/C27H36F2.C25H36F2O.C21H26F2.C21H20F2.C19H26F2O.C19H20F2O/c1-16-5-8-21(9-6-16)22-13-11-20(12-14-22)19(4)24-15-23-10-7-17(2)18(3)25(23)27(29)26(24)28;1-15-4-7-19(8-5-15)20-12-10-18(11-13-20)17(3)22-14-21-9-6-16(2)28-25(21)24(27)23(22)26;2*1-12-5-8-16(9-6-12)15(4)18-11-17-10-7-13(2)14(3)19(17)21(23)20(18)22;2*1-11-4-7-14(8-5-11)13(3)16-10-15-9-6-12(2)22-19(15)18(21)17(16)20/h7,10,15-16,19-22H,5-6,8-9,11-14H2,1-4H3;14-20H,4-13H2,1-3H3;7,10-12,15-16H,5-6,8-9H2,1-4H3;5-11,15H,1-4H3;10-14H,4-9H2,1-3H3;4-5,7-8,10,12-13H,6,9H2,1-3H3. The monoisotopic (exact) mass is 2030 g/mol. The van der Waals surface area contributed by atoms with Gasteiger partial charge in [0, 0.05) is 28.0 Å². The van der Waals surface area contributed by atoms with Crippen molar-refractivity contribution in [1.29, 1.82) is 0 Å². The highest BCUT2D eigenvalue weighted by molar-refractivity contribution is 5.90. The lowest BCUT2D eigenvalue weighted by atomic mass is 9.67. The molecule has 3 nitrogen and oxygen atoms in total. The average molecular weight is 2030 g/mol. The van der Waals surface area contributed by atoms with Crippen LogP contribution in [-0.2, 0) is 19.3 Å². The van der Waals surface area contributed by atoms with Crippen LogP contribution in [-0.4, -0.2) is 18.3 Å². The summed E-state index contributed by atoms with van der Waals surface area (Å²) in [5, 5.41) is 3.68. The van der Waals surface area contributed by atoms with Crippen molar-refractivity contribution < 1.29 is 66.9 Å². The van der Waals surface area contributed by atoms with Crippen LogP contribution in [0.15, 0.2) is 121 Å². The van der Waals surface area contributed by atoms with Gasteiger partial charge in [-0.25, -0.2) is 39.5 Å². The van der Waals surface area contributed by atoms with E-state index in [0.717, 1.165) is 226 Å². The summed E-state index contributed by atoms with van der Waals surface area (Å²) < 4.78 is 193. The summed E-state index contributed by atoms with van der Waals surface area (Å²) in [6.07, 6.45) is 34.8. The van der Waals surface area contributed by atoms with E-state index in [4.69, 9.17) is 14.2 Å². The van der Waals surface area contributed by atoms with E-state index in [0.29, 0.717) is 73.2 Å². The normalized spacial score (nSPS) is 25.1. The number of ether oxygens (including phenoxy) is 3. The second-order valence-corrected chi connectivity index (χ2v) is 47.6. The molecule has 9 unspecified atom stereocenters. The molecule has 0 aromatic heterocycles. The first-order valence-electron chi connectivity index (χ1n) is 56.3. The predicted octanol–water partition coefficient (Wildman–Crippen LogP) is 39.5. The molecule has 11 aromatic carbocycles. The van der Waals surface area contributed by atoms with E-state index >= 15 is 4.39 Å². The molecule has 3 aliphatic heterocycles. The van der Waals surface area contributed by atoms with Crippen LogP contribution >= 0.6 is 0 Å². The van der Waals surface area contributed by atoms with E-state index in [1.54, 1.807) is 12.1 Å². The minimum atomic E-state index is -0.849. The third kappa shape index (κ3) is 25.4. The van der Waals surface area contributed by atoms with Crippen LogP contribution in [0.4, 0.5) is 52.7 Å². The molecule has 6 saturated carbocycles. The van der Waals surface area contributed by atoms with Gasteiger partial charge in [-0.3, -0.25) is 0 Å². The Morgan fingerprint density at radius 3 is 0.714 bits per heavy atom. The largest absolute Gasteiger partial charge is 0.487 e. The molecule has 0 amide bonds. The topological polar surface area (TPSA) is 27.7 Å². The average Bonchev–Trinajstić information content (AvgIpc) is 0.766. The maximum atomic E-state index is 15.1. The summed E-state index contributed by atoms with van der Waals surface area (Å²) in [5.74, 6) is 0.389. The molecule has 147 heavy (non-hydrogen) atoms. The molecule has 9 atom stereocenters. The van der Waals surface area contributed by atoms with Crippen LogP contribution in [0.5, 0.6) is 17.2 Å². The van der Waals surface area contributed by atoms with Gasteiger partial charge in [0.25, 0.3) is 0 Å². The summed E-state index contributed by atoms with van der Waals surface area (Å²) in [5.41, 5.74) is 15.2. The van der Waals surface area contributed by atoms with Crippen molar-refractivity contribution >= 4 is 32.3 Å². The number of benzene rings is 11. The lowest BCUT2D eigenvalue weighted by Crippen LogP contribution is -2.27. The van der Waals surface area contributed by atoms with E-state index in [1.807, 2.05) is 199 Å². The number of hydrogen-bond acceptors (Lipinski definition) is 3. The van der Waals surface area contributed by atoms with Gasteiger partial charge < -0.3 is 14.2 Å². The highest BCUT2D eigenvalue weighted by atomic mass is 19.2. The Morgan fingerprint density at radius 1 is 0.224 bits per heavy atom. The van der Waals surface area contributed by atoms with E-state index < -0.39 is 69.8 Å². The fourth-order valence-corrected chi connectivity index (χ4v) is 26.4. The van der Waals surface area contributed by atoms with Crippen LogP contribution < -0.4 is 14.2 Å². The molecule has 794 valence electrons. The van der Waals surface area contributed by atoms with Crippen LogP contribution in [0, 0.1) is 196 Å². The minimum Gasteiger partial charge on any atom is -0.487 e. The highest BCUT2D eigenvalue weighted by Gasteiger charge is 2.40. The molecule has 0 spiro atoms.